The maximum absolute atomic E-state index is 12.3. The predicted octanol–water partition coefficient (Wildman–Crippen LogP) is 1.39. The monoisotopic (exact) mass is 277 g/mol. The highest BCUT2D eigenvalue weighted by Crippen LogP contribution is 2.26. The van der Waals surface area contributed by atoms with Crippen molar-refractivity contribution < 1.29 is 17.9 Å². The third-order valence-corrected chi connectivity index (χ3v) is 5.38. The molecule has 18 heavy (non-hydrogen) atoms. The van der Waals surface area contributed by atoms with Gasteiger partial charge in [0.05, 0.1) is 12.9 Å². The number of rotatable bonds is 6. The van der Waals surface area contributed by atoms with Crippen LogP contribution in [0.15, 0.2) is 0 Å². The first-order chi connectivity index (χ1) is 8.36. The lowest BCUT2D eigenvalue weighted by molar-refractivity contribution is -0.141. The van der Waals surface area contributed by atoms with E-state index in [4.69, 9.17) is 0 Å². The van der Waals surface area contributed by atoms with Gasteiger partial charge in [-0.2, -0.15) is 4.31 Å². The number of carbonyl (C=O) groups excluding carboxylic acids is 1. The Morgan fingerprint density at radius 3 is 2.33 bits per heavy atom. The molecule has 0 bridgehead atoms. The fraction of sp³-hybridized carbons (Fsp3) is 0.917. The molecule has 0 heterocycles. The fourth-order valence-corrected chi connectivity index (χ4v) is 4.36. The van der Waals surface area contributed by atoms with E-state index < -0.39 is 16.0 Å². The number of hydrogen-bond donors (Lipinski definition) is 0. The molecule has 0 aliphatic heterocycles. The molecular formula is C12H23NO4S. The molecule has 6 heteroatoms. The molecule has 0 atom stereocenters. The Bertz CT molecular complexity index is 372. The van der Waals surface area contributed by atoms with Crippen LogP contribution in [0.2, 0.25) is 0 Å². The predicted molar refractivity (Wildman–Crippen MR) is 69.6 cm³/mol. The number of nitrogens with zero attached hydrogens (tertiary/aromatic N) is 1. The van der Waals surface area contributed by atoms with Crippen molar-refractivity contribution in [2.45, 2.75) is 45.6 Å². The van der Waals surface area contributed by atoms with E-state index in [9.17, 15) is 13.2 Å². The first-order valence-electron chi connectivity index (χ1n) is 6.43. The molecule has 0 aromatic carbocycles. The highest BCUT2D eigenvalue weighted by Gasteiger charge is 2.34. The van der Waals surface area contributed by atoms with Crippen LogP contribution in [0.4, 0.5) is 0 Å². The third-order valence-electron chi connectivity index (χ3n) is 3.15. The van der Waals surface area contributed by atoms with Gasteiger partial charge < -0.3 is 4.74 Å². The molecule has 1 aliphatic carbocycles. The van der Waals surface area contributed by atoms with Gasteiger partial charge in [-0.25, -0.2) is 8.42 Å². The van der Waals surface area contributed by atoms with Crippen molar-refractivity contribution >= 4 is 16.0 Å². The van der Waals surface area contributed by atoms with Gasteiger partial charge in [-0.1, -0.05) is 26.7 Å². The summed E-state index contributed by atoms with van der Waals surface area (Å²) < 4.78 is 30.5. The molecule has 0 aromatic rings. The number of esters is 1. The summed E-state index contributed by atoms with van der Waals surface area (Å²) in [5, 5.41) is 0. The van der Waals surface area contributed by atoms with Crippen LogP contribution in [-0.2, 0) is 19.6 Å². The zero-order valence-corrected chi connectivity index (χ0v) is 12.2. The van der Waals surface area contributed by atoms with E-state index in [0.29, 0.717) is 0 Å². The summed E-state index contributed by atoms with van der Waals surface area (Å²) in [4.78, 5) is 11.4. The van der Waals surface area contributed by atoms with Crippen LogP contribution in [0.3, 0.4) is 0 Å². The molecule has 1 aliphatic rings. The van der Waals surface area contributed by atoms with Gasteiger partial charge in [0.1, 0.15) is 6.54 Å². The average molecular weight is 277 g/mol. The minimum atomic E-state index is -3.38. The third kappa shape index (κ3) is 4.24. The summed E-state index contributed by atoms with van der Waals surface area (Å²) in [5.74, 6) is -0.355. The zero-order chi connectivity index (χ0) is 13.8. The van der Waals surface area contributed by atoms with E-state index in [1.165, 1.54) is 11.4 Å². The Kier molecular flexibility index (Phi) is 5.59. The summed E-state index contributed by atoms with van der Waals surface area (Å²) >= 11 is 0. The van der Waals surface area contributed by atoms with Crippen molar-refractivity contribution in [3.8, 4) is 0 Å². The minimum absolute atomic E-state index is 0.0344. The second-order valence-electron chi connectivity index (χ2n) is 5.23. The summed E-state index contributed by atoms with van der Waals surface area (Å²) in [5.41, 5.74) is 0. The summed E-state index contributed by atoms with van der Waals surface area (Å²) in [7, 11) is -2.10. The van der Waals surface area contributed by atoms with Gasteiger partial charge in [-0.15, -0.1) is 0 Å². The Hall–Kier alpha value is -0.620. The minimum Gasteiger partial charge on any atom is -0.468 e. The van der Waals surface area contributed by atoms with Crippen LogP contribution in [0.5, 0.6) is 0 Å². The summed E-state index contributed by atoms with van der Waals surface area (Å²) in [6.07, 6.45) is 3.74. The van der Waals surface area contributed by atoms with E-state index >= 15 is 0 Å². The number of carbonyl (C=O) groups is 1. The molecule has 1 fully saturated rings. The number of hydrogen-bond acceptors (Lipinski definition) is 4. The van der Waals surface area contributed by atoms with Gasteiger partial charge in [0.25, 0.3) is 0 Å². The molecule has 0 spiro atoms. The molecule has 0 saturated heterocycles. The van der Waals surface area contributed by atoms with E-state index in [2.05, 4.69) is 4.74 Å². The molecule has 106 valence electrons. The maximum Gasteiger partial charge on any atom is 0.321 e. The lowest BCUT2D eigenvalue weighted by atomic mass is 10.2. The van der Waals surface area contributed by atoms with Gasteiger partial charge in [-0.05, 0) is 18.8 Å². The number of ether oxygens (including phenoxy) is 1. The molecule has 0 radical (unpaired) electrons. The standard InChI is InChI=1S/C12H23NO4S/c1-10(2)9-18(15,16)13(8-12(14)17-3)11-6-4-5-7-11/h10-11H,4-9H2,1-3H3. The van der Waals surface area contributed by atoms with Crippen LogP contribution in [0.25, 0.3) is 0 Å². The largest absolute Gasteiger partial charge is 0.468 e. The normalized spacial score (nSPS) is 17.6. The first kappa shape index (κ1) is 15.4. The van der Waals surface area contributed by atoms with Gasteiger partial charge in [0, 0.05) is 6.04 Å². The van der Waals surface area contributed by atoms with E-state index in [0.717, 1.165) is 25.7 Å². The fourth-order valence-electron chi connectivity index (χ4n) is 2.36. The summed E-state index contributed by atoms with van der Waals surface area (Å²) in [6.45, 7) is 3.57. The lowest BCUT2D eigenvalue weighted by Gasteiger charge is -2.27. The van der Waals surface area contributed by atoms with Crippen LogP contribution >= 0.6 is 0 Å². The maximum atomic E-state index is 12.3. The van der Waals surface area contributed by atoms with Gasteiger partial charge in [0.2, 0.25) is 10.0 Å². The highest BCUT2D eigenvalue weighted by atomic mass is 32.2. The molecule has 1 rings (SSSR count). The SMILES string of the molecule is COC(=O)CN(C1CCCC1)S(=O)(=O)CC(C)C. The van der Waals surface area contributed by atoms with Crippen molar-refractivity contribution in [1.82, 2.24) is 4.31 Å². The molecule has 5 nitrogen and oxygen atoms in total. The Balaban J connectivity index is 2.85. The molecule has 0 amide bonds. The van der Waals surface area contributed by atoms with Crippen LogP contribution in [0, 0.1) is 5.92 Å². The number of sulfonamides is 1. The van der Waals surface area contributed by atoms with Crippen molar-refractivity contribution in [3.63, 3.8) is 0 Å². The van der Waals surface area contributed by atoms with Crippen molar-refractivity contribution in [2.75, 3.05) is 19.4 Å². The summed E-state index contributed by atoms with van der Waals surface area (Å²) in [6, 6.07) is -0.0344. The van der Waals surface area contributed by atoms with Crippen molar-refractivity contribution in [2.24, 2.45) is 5.92 Å². The number of methoxy groups -OCH3 is 1. The van der Waals surface area contributed by atoms with Crippen molar-refractivity contribution in [1.29, 1.82) is 0 Å². The van der Waals surface area contributed by atoms with E-state index in [-0.39, 0.29) is 24.3 Å². The molecular weight excluding hydrogens is 254 g/mol. The molecule has 0 unspecified atom stereocenters. The molecule has 0 aromatic heterocycles. The quantitative estimate of drug-likeness (QED) is 0.688. The smallest absolute Gasteiger partial charge is 0.321 e. The van der Waals surface area contributed by atoms with Gasteiger partial charge in [0.15, 0.2) is 0 Å². The highest BCUT2D eigenvalue weighted by molar-refractivity contribution is 7.89. The second kappa shape index (κ2) is 6.52. The van der Waals surface area contributed by atoms with Crippen LogP contribution < -0.4 is 0 Å². The second-order valence-corrected chi connectivity index (χ2v) is 7.20. The Morgan fingerprint density at radius 1 is 1.33 bits per heavy atom. The van der Waals surface area contributed by atoms with Crippen molar-refractivity contribution in [3.05, 3.63) is 0 Å². The Morgan fingerprint density at radius 2 is 1.89 bits per heavy atom. The van der Waals surface area contributed by atoms with E-state index in [1.54, 1.807) is 0 Å². The van der Waals surface area contributed by atoms with Gasteiger partial charge in [-0.3, -0.25) is 4.79 Å². The topological polar surface area (TPSA) is 63.7 Å². The molecule has 1 saturated carbocycles. The van der Waals surface area contributed by atoms with Crippen LogP contribution in [0.1, 0.15) is 39.5 Å². The first-order valence-corrected chi connectivity index (χ1v) is 8.04. The van der Waals surface area contributed by atoms with Crippen LogP contribution in [-0.4, -0.2) is 44.1 Å². The zero-order valence-electron chi connectivity index (χ0n) is 11.4. The lowest BCUT2D eigenvalue weighted by Crippen LogP contribution is -2.44. The van der Waals surface area contributed by atoms with E-state index in [1.807, 2.05) is 13.8 Å². The van der Waals surface area contributed by atoms with Gasteiger partial charge >= 0.3 is 5.97 Å². The average Bonchev–Trinajstić information content (AvgIpc) is 2.76. The Labute approximate surface area is 110 Å². The molecule has 0 N–H and O–H groups in total.